The van der Waals surface area contributed by atoms with E-state index in [0.29, 0.717) is 20.9 Å². The Morgan fingerprint density at radius 3 is 2.53 bits per heavy atom. The van der Waals surface area contributed by atoms with Crippen LogP contribution < -0.4 is 10.6 Å². The minimum Gasteiger partial charge on any atom is -0.326 e. The van der Waals surface area contributed by atoms with Gasteiger partial charge in [-0.05, 0) is 54.8 Å². The summed E-state index contributed by atoms with van der Waals surface area (Å²) in [6, 6.07) is 22.4. The van der Waals surface area contributed by atoms with E-state index in [1.165, 1.54) is 23.1 Å². The Morgan fingerprint density at radius 2 is 1.78 bits per heavy atom. The van der Waals surface area contributed by atoms with Crippen LogP contribution in [0.25, 0.3) is 11.3 Å². The fourth-order valence-electron chi connectivity index (χ4n) is 3.60. The summed E-state index contributed by atoms with van der Waals surface area (Å²) in [5.74, 6) is -0.0216. The minimum atomic E-state index is -0.521. The van der Waals surface area contributed by atoms with Crippen LogP contribution in [0.5, 0.6) is 0 Å². The number of halogens is 2. The predicted octanol–water partition coefficient (Wildman–Crippen LogP) is 7.94. The second-order valence-electron chi connectivity index (χ2n) is 8.35. The van der Waals surface area contributed by atoms with Crippen molar-refractivity contribution < 1.29 is 9.59 Å². The summed E-state index contributed by atoms with van der Waals surface area (Å²) in [6.07, 6.45) is 1.89. The molecular formula is C27H21Cl2N3O2S2. The van der Waals surface area contributed by atoms with Gasteiger partial charge in [-0.1, -0.05) is 59.6 Å². The summed E-state index contributed by atoms with van der Waals surface area (Å²) in [5, 5.41) is 8.78. The van der Waals surface area contributed by atoms with Gasteiger partial charge in [0.05, 0.1) is 10.7 Å². The minimum absolute atomic E-state index is 0.0508. The number of nitrogens with zero attached hydrogens (tertiary/aromatic N) is 1. The highest BCUT2D eigenvalue weighted by molar-refractivity contribution is 8.00. The van der Waals surface area contributed by atoms with E-state index in [1.807, 2.05) is 66.0 Å². The Morgan fingerprint density at radius 1 is 0.972 bits per heavy atom. The predicted molar refractivity (Wildman–Crippen MR) is 149 cm³/mol. The smallest absolute Gasteiger partial charge is 0.244 e. The first-order valence-electron chi connectivity index (χ1n) is 11.3. The van der Waals surface area contributed by atoms with Gasteiger partial charge in [0.15, 0.2) is 5.13 Å². The Hall–Kier alpha value is -2.84. The standard InChI is InChI=1S/C27H21Cl2N3O2S2/c28-18-11-12-21(22(29)13-18)23-15-35-27(31-23)32-26(34)24(16-5-2-1-3-6-16)36-20-8-4-7-19(14-20)30-25(33)17-9-10-17/h1-8,11-15,17,24H,9-10H2,(H,30,33)(H,31,32,34). The molecule has 1 heterocycles. The van der Waals surface area contributed by atoms with E-state index in [9.17, 15) is 9.59 Å². The van der Waals surface area contributed by atoms with Gasteiger partial charge in [-0.25, -0.2) is 4.98 Å². The molecule has 5 rings (SSSR count). The molecule has 4 aromatic rings. The van der Waals surface area contributed by atoms with Gasteiger partial charge in [0.25, 0.3) is 0 Å². The molecule has 3 aromatic carbocycles. The number of aromatic nitrogens is 1. The molecule has 36 heavy (non-hydrogen) atoms. The molecular weight excluding hydrogens is 533 g/mol. The zero-order valence-electron chi connectivity index (χ0n) is 18.9. The van der Waals surface area contributed by atoms with Gasteiger partial charge in [-0.15, -0.1) is 23.1 Å². The van der Waals surface area contributed by atoms with E-state index in [4.69, 9.17) is 23.2 Å². The number of benzene rings is 3. The van der Waals surface area contributed by atoms with Crippen molar-refractivity contribution in [3.05, 3.63) is 93.8 Å². The molecule has 1 atom stereocenters. The lowest BCUT2D eigenvalue weighted by Gasteiger charge is -2.17. The summed E-state index contributed by atoms with van der Waals surface area (Å²) >= 11 is 15.1. The van der Waals surface area contributed by atoms with Gasteiger partial charge in [0, 0.05) is 32.5 Å². The number of hydrogen-bond acceptors (Lipinski definition) is 5. The Balaban J connectivity index is 1.35. The molecule has 0 spiro atoms. The second-order valence-corrected chi connectivity index (χ2v) is 11.2. The molecule has 0 bridgehead atoms. The average Bonchev–Trinajstić information content (AvgIpc) is 3.63. The van der Waals surface area contributed by atoms with Gasteiger partial charge < -0.3 is 10.6 Å². The maximum absolute atomic E-state index is 13.5. The second kappa shape index (κ2) is 11.0. The first kappa shape index (κ1) is 24.8. The molecule has 1 aromatic heterocycles. The molecule has 1 aliphatic carbocycles. The van der Waals surface area contributed by atoms with Crippen molar-refractivity contribution in [1.82, 2.24) is 4.98 Å². The zero-order valence-corrected chi connectivity index (χ0v) is 22.1. The molecule has 1 aliphatic rings. The maximum Gasteiger partial charge on any atom is 0.244 e. The van der Waals surface area contributed by atoms with Crippen LogP contribution in [-0.2, 0) is 9.59 Å². The summed E-state index contributed by atoms with van der Waals surface area (Å²) in [5.41, 5.74) is 3.01. The molecule has 182 valence electrons. The molecule has 2 N–H and O–H groups in total. The van der Waals surface area contributed by atoms with Gasteiger partial charge >= 0.3 is 0 Å². The van der Waals surface area contributed by atoms with Gasteiger partial charge in [-0.2, -0.15) is 0 Å². The number of thiazole rings is 1. The van der Waals surface area contributed by atoms with Crippen LogP contribution >= 0.6 is 46.3 Å². The van der Waals surface area contributed by atoms with Crippen LogP contribution in [0.2, 0.25) is 10.0 Å². The first-order chi connectivity index (χ1) is 17.5. The monoisotopic (exact) mass is 553 g/mol. The lowest BCUT2D eigenvalue weighted by molar-refractivity contribution is -0.117. The summed E-state index contributed by atoms with van der Waals surface area (Å²) in [6.45, 7) is 0. The van der Waals surface area contributed by atoms with Crippen LogP contribution in [0.4, 0.5) is 10.8 Å². The molecule has 1 saturated carbocycles. The van der Waals surface area contributed by atoms with Crippen molar-refractivity contribution in [1.29, 1.82) is 0 Å². The number of amides is 2. The topological polar surface area (TPSA) is 71.1 Å². The maximum atomic E-state index is 13.5. The van der Waals surface area contributed by atoms with Crippen LogP contribution in [-0.4, -0.2) is 16.8 Å². The molecule has 1 unspecified atom stereocenters. The molecule has 0 saturated heterocycles. The number of nitrogens with one attached hydrogen (secondary N) is 2. The summed E-state index contributed by atoms with van der Waals surface area (Å²) in [4.78, 5) is 31.1. The lowest BCUT2D eigenvalue weighted by atomic mass is 10.1. The van der Waals surface area contributed by atoms with Crippen LogP contribution in [0.15, 0.2) is 83.1 Å². The molecule has 5 nitrogen and oxygen atoms in total. The van der Waals surface area contributed by atoms with Gasteiger partial charge in [-0.3, -0.25) is 9.59 Å². The van der Waals surface area contributed by atoms with E-state index in [0.717, 1.165) is 34.6 Å². The third-order valence-corrected chi connectivity index (χ3v) is 8.14. The molecule has 1 fully saturated rings. The molecule has 0 radical (unpaired) electrons. The Kier molecular flexibility index (Phi) is 7.62. The quantitative estimate of drug-likeness (QED) is 0.217. The molecule has 9 heteroatoms. The highest BCUT2D eigenvalue weighted by Crippen LogP contribution is 2.38. The number of carbonyl (C=O) groups excluding carboxylic acids is 2. The van der Waals surface area contributed by atoms with Crippen molar-refractivity contribution in [2.24, 2.45) is 5.92 Å². The Bertz CT molecular complexity index is 1410. The normalized spacial score (nSPS) is 13.7. The lowest BCUT2D eigenvalue weighted by Crippen LogP contribution is -2.19. The van der Waals surface area contributed by atoms with Crippen LogP contribution in [0.3, 0.4) is 0 Å². The van der Waals surface area contributed by atoms with E-state index in [-0.39, 0.29) is 17.7 Å². The number of carbonyl (C=O) groups is 2. The van der Waals surface area contributed by atoms with Crippen LogP contribution in [0, 0.1) is 5.92 Å². The van der Waals surface area contributed by atoms with Gasteiger partial charge in [0.1, 0.15) is 5.25 Å². The van der Waals surface area contributed by atoms with E-state index < -0.39 is 5.25 Å². The molecule has 2 amide bonds. The number of rotatable bonds is 8. The number of thioether (sulfide) groups is 1. The van der Waals surface area contributed by atoms with Crippen LogP contribution in [0.1, 0.15) is 23.7 Å². The fourth-order valence-corrected chi connectivity index (χ4v) is 5.90. The van der Waals surface area contributed by atoms with Crippen molar-refractivity contribution in [3.8, 4) is 11.3 Å². The number of hydrogen-bond donors (Lipinski definition) is 2. The summed E-state index contributed by atoms with van der Waals surface area (Å²) < 4.78 is 0. The van der Waals surface area contributed by atoms with Crippen molar-refractivity contribution in [2.75, 3.05) is 10.6 Å². The summed E-state index contributed by atoms with van der Waals surface area (Å²) in [7, 11) is 0. The van der Waals surface area contributed by atoms with Crippen molar-refractivity contribution >= 4 is 68.9 Å². The fraction of sp³-hybridized carbons (Fsp3) is 0.148. The number of anilines is 2. The van der Waals surface area contributed by atoms with Crippen molar-refractivity contribution in [3.63, 3.8) is 0 Å². The van der Waals surface area contributed by atoms with Crippen molar-refractivity contribution in [2.45, 2.75) is 23.0 Å². The first-order valence-corrected chi connectivity index (χ1v) is 13.8. The third-order valence-electron chi connectivity index (χ3n) is 5.59. The molecule has 0 aliphatic heterocycles. The SMILES string of the molecule is O=C(Nc1cccc(SC(C(=O)Nc2nc(-c3ccc(Cl)cc3Cl)cs2)c2ccccc2)c1)C1CC1. The van der Waals surface area contributed by atoms with E-state index in [1.54, 1.807) is 12.1 Å². The Labute approximate surface area is 227 Å². The average molecular weight is 555 g/mol. The largest absolute Gasteiger partial charge is 0.326 e. The van der Waals surface area contributed by atoms with E-state index in [2.05, 4.69) is 15.6 Å². The highest BCUT2D eigenvalue weighted by Gasteiger charge is 2.29. The highest BCUT2D eigenvalue weighted by atomic mass is 35.5. The zero-order chi connectivity index (χ0) is 25.1. The van der Waals surface area contributed by atoms with Gasteiger partial charge in [0.2, 0.25) is 11.8 Å². The van der Waals surface area contributed by atoms with E-state index >= 15 is 0 Å². The third kappa shape index (κ3) is 6.10.